The molecule has 0 aliphatic carbocycles. The van der Waals surface area contributed by atoms with E-state index in [0.29, 0.717) is 6.54 Å². The molecule has 1 aliphatic heterocycles. The molecule has 1 unspecified atom stereocenters. The quantitative estimate of drug-likeness (QED) is 0.493. The molecule has 1 aliphatic rings. The van der Waals surface area contributed by atoms with Gasteiger partial charge in [0.25, 0.3) is 0 Å². The Hall–Kier alpha value is -2.28. The van der Waals surface area contributed by atoms with Crippen molar-refractivity contribution in [2.45, 2.75) is 65.5 Å². The van der Waals surface area contributed by atoms with E-state index in [0.717, 1.165) is 67.8 Å². The Kier molecular flexibility index (Phi) is 8.16. The largest absolute Gasteiger partial charge is 0.468 e. The molecule has 1 atom stereocenters. The number of hydrogen-bond donors (Lipinski definition) is 2. The first kappa shape index (κ1) is 21.4. The second-order valence-electron chi connectivity index (χ2n) is 7.44. The van der Waals surface area contributed by atoms with Crippen molar-refractivity contribution in [3.63, 3.8) is 0 Å². The highest BCUT2D eigenvalue weighted by atomic mass is 16.5. The normalized spacial score (nSPS) is 16.7. The summed E-state index contributed by atoms with van der Waals surface area (Å²) in [5, 5.41) is 11.1. The third-order valence-electron chi connectivity index (χ3n) is 5.51. The number of aromatic nitrogens is 1. The summed E-state index contributed by atoms with van der Waals surface area (Å²) in [4.78, 5) is 7.33. The van der Waals surface area contributed by atoms with Crippen LogP contribution in [-0.2, 0) is 19.4 Å². The molecule has 2 aromatic heterocycles. The standard InChI is InChI=1S/C22H35N5O2/c1-4-18-17(20(5-2)29-26-18)15-24-22(23-6-3)25-16-19(21-11-10-14-28-21)27-12-8-7-9-13-27/h10-11,14,19H,4-9,12-13,15-16H2,1-3H3,(H2,23,24,25). The second kappa shape index (κ2) is 11.0. The summed E-state index contributed by atoms with van der Waals surface area (Å²) >= 11 is 0. The summed E-state index contributed by atoms with van der Waals surface area (Å²) in [6.07, 6.45) is 7.26. The molecule has 0 aromatic carbocycles. The van der Waals surface area contributed by atoms with Crippen LogP contribution in [0.25, 0.3) is 0 Å². The fraction of sp³-hybridized carbons (Fsp3) is 0.636. The lowest BCUT2D eigenvalue weighted by molar-refractivity contribution is 0.146. The minimum Gasteiger partial charge on any atom is -0.468 e. The van der Waals surface area contributed by atoms with Gasteiger partial charge in [-0.3, -0.25) is 4.90 Å². The van der Waals surface area contributed by atoms with Gasteiger partial charge in [0.05, 0.1) is 24.5 Å². The van der Waals surface area contributed by atoms with Crippen molar-refractivity contribution in [2.24, 2.45) is 4.99 Å². The molecule has 1 fully saturated rings. The number of likely N-dealkylation sites (tertiary alicyclic amines) is 1. The summed E-state index contributed by atoms with van der Waals surface area (Å²) < 4.78 is 11.2. The Labute approximate surface area is 173 Å². The monoisotopic (exact) mass is 401 g/mol. The van der Waals surface area contributed by atoms with Gasteiger partial charge in [-0.25, -0.2) is 4.99 Å². The highest BCUT2D eigenvalue weighted by Crippen LogP contribution is 2.24. The molecule has 3 heterocycles. The zero-order valence-electron chi connectivity index (χ0n) is 18.0. The third kappa shape index (κ3) is 5.63. The van der Waals surface area contributed by atoms with E-state index in [9.17, 15) is 0 Å². The average molecular weight is 402 g/mol. The van der Waals surface area contributed by atoms with Crippen LogP contribution in [0.3, 0.4) is 0 Å². The summed E-state index contributed by atoms with van der Waals surface area (Å²) in [5.74, 6) is 2.76. The maximum atomic E-state index is 5.76. The number of furan rings is 1. The van der Waals surface area contributed by atoms with E-state index >= 15 is 0 Å². The Morgan fingerprint density at radius 3 is 2.66 bits per heavy atom. The van der Waals surface area contributed by atoms with Crippen molar-refractivity contribution < 1.29 is 8.94 Å². The van der Waals surface area contributed by atoms with Crippen LogP contribution in [0.4, 0.5) is 0 Å². The highest BCUT2D eigenvalue weighted by Gasteiger charge is 2.24. The van der Waals surface area contributed by atoms with Crippen LogP contribution in [0.1, 0.15) is 68.9 Å². The lowest BCUT2D eigenvalue weighted by atomic mass is 10.1. The summed E-state index contributed by atoms with van der Waals surface area (Å²) in [5.41, 5.74) is 2.12. The first-order valence-corrected chi connectivity index (χ1v) is 11.0. The Morgan fingerprint density at radius 2 is 2.00 bits per heavy atom. The van der Waals surface area contributed by atoms with Crippen molar-refractivity contribution in [1.29, 1.82) is 0 Å². The lowest BCUT2D eigenvalue weighted by Crippen LogP contribution is -2.44. The molecule has 0 bridgehead atoms. The highest BCUT2D eigenvalue weighted by molar-refractivity contribution is 5.79. The summed E-state index contributed by atoms with van der Waals surface area (Å²) in [6.45, 7) is 10.6. The summed E-state index contributed by atoms with van der Waals surface area (Å²) in [7, 11) is 0. The van der Waals surface area contributed by atoms with E-state index in [1.807, 2.05) is 6.07 Å². The van der Waals surface area contributed by atoms with Crippen molar-refractivity contribution in [1.82, 2.24) is 20.7 Å². The van der Waals surface area contributed by atoms with Crippen LogP contribution in [0, 0.1) is 0 Å². The fourth-order valence-electron chi connectivity index (χ4n) is 3.93. The molecule has 7 heteroatoms. The predicted octanol–water partition coefficient (Wildman–Crippen LogP) is 3.67. The predicted molar refractivity (Wildman–Crippen MR) is 115 cm³/mol. The van der Waals surface area contributed by atoms with Crippen molar-refractivity contribution in [3.05, 3.63) is 41.2 Å². The van der Waals surface area contributed by atoms with E-state index in [2.05, 4.69) is 47.5 Å². The minimum atomic E-state index is 0.210. The van der Waals surface area contributed by atoms with Gasteiger partial charge in [0.15, 0.2) is 5.96 Å². The Morgan fingerprint density at radius 1 is 1.17 bits per heavy atom. The van der Waals surface area contributed by atoms with Gasteiger partial charge in [0, 0.05) is 25.1 Å². The number of aryl methyl sites for hydroxylation is 2. The van der Waals surface area contributed by atoms with E-state index in [1.165, 1.54) is 19.3 Å². The van der Waals surface area contributed by atoms with Gasteiger partial charge >= 0.3 is 0 Å². The van der Waals surface area contributed by atoms with E-state index < -0.39 is 0 Å². The maximum Gasteiger partial charge on any atom is 0.191 e. The van der Waals surface area contributed by atoms with Crippen molar-refractivity contribution in [2.75, 3.05) is 26.2 Å². The SMILES string of the molecule is CCNC(=NCc1c(CC)noc1CC)NCC(c1ccco1)N1CCCCC1. The maximum absolute atomic E-state index is 5.76. The van der Waals surface area contributed by atoms with Crippen LogP contribution in [0.15, 0.2) is 32.3 Å². The topological polar surface area (TPSA) is 78.8 Å². The number of hydrogen-bond acceptors (Lipinski definition) is 5. The molecule has 1 saturated heterocycles. The summed E-state index contributed by atoms with van der Waals surface area (Å²) in [6, 6.07) is 4.25. The van der Waals surface area contributed by atoms with Gasteiger partial charge in [0.2, 0.25) is 0 Å². The number of rotatable bonds is 9. The lowest BCUT2D eigenvalue weighted by Gasteiger charge is -2.33. The van der Waals surface area contributed by atoms with Gasteiger partial charge in [-0.2, -0.15) is 0 Å². The Bertz CT molecular complexity index is 726. The average Bonchev–Trinajstić information content (AvgIpc) is 3.42. The molecule has 3 rings (SSSR count). The van der Waals surface area contributed by atoms with Gasteiger partial charge in [-0.15, -0.1) is 0 Å². The van der Waals surface area contributed by atoms with Crippen LogP contribution < -0.4 is 10.6 Å². The van der Waals surface area contributed by atoms with E-state index in [4.69, 9.17) is 13.9 Å². The molecule has 2 N–H and O–H groups in total. The molecule has 7 nitrogen and oxygen atoms in total. The molecule has 0 spiro atoms. The van der Waals surface area contributed by atoms with Gasteiger partial charge < -0.3 is 19.6 Å². The third-order valence-corrected chi connectivity index (χ3v) is 5.51. The number of aliphatic imine (C=N–C) groups is 1. The first-order chi connectivity index (χ1) is 14.3. The molecule has 0 saturated carbocycles. The molecule has 0 amide bonds. The molecule has 29 heavy (non-hydrogen) atoms. The number of guanidine groups is 1. The number of piperidine rings is 1. The minimum absolute atomic E-state index is 0.210. The number of nitrogens with zero attached hydrogens (tertiary/aromatic N) is 3. The van der Waals surface area contributed by atoms with Gasteiger partial charge in [0.1, 0.15) is 11.5 Å². The molecule has 160 valence electrons. The second-order valence-corrected chi connectivity index (χ2v) is 7.44. The van der Waals surface area contributed by atoms with Crippen molar-refractivity contribution >= 4 is 5.96 Å². The number of nitrogens with one attached hydrogen (secondary N) is 2. The molecular weight excluding hydrogens is 366 g/mol. The van der Waals surface area contributed by atoms with Crippen LogP contribution >= 0.6 is 0 Å². The van der Waals surface area contributed by atoms with Gasteiger partial charge in [-0.1, -0.05) is 25.4 Å². The Balaban J connectivity index is 1.70. The van der Waals surface area contributed by atoms with Crippen LogP contribution in [0.5, 0.6) is 0 Å². The van der Waals surface area contributed by atoms with E-state index in [-0.39, 0.29) is 6.04 Å². The molecule has 0 radical (unpaired) electrons. The van der Waals surface area contributed by atoms with Crippen LogP contribution in [0.2, 0.25) is 0 Å². The smallest absolute Gasteiger partial charge is 0.191 e. The zero-order chi connectivity index (χ0) is 20.5. The zero-order valence-corrected chi connectivity index (χ0v) is 18.0. The van der Waals surface area contributed by atoms with E-state index in [1.54, 1.807) is 6.26 Å². The van der Waals surface area contributed by atoms with Crippen molar-refractivity contribution in [3.8, 4) is 0 Å². The first-order valence-electron chi connectivity index (χ1n) is 11.0. The fourth-order valence-corrected chi connectivity index (χ4v) is 3.93. The molecular formula is C22H35N5O2. The molecule has 2 aromatic rings. The van der Waals surface area contributed by atoms with Crippen LogP contribution in [-0.4, -0.2) is 42.2 Å². The van der Waals surface area contributed by atoms with Gasteiger partial charge in [-0.05, 0) is 51.4 Å².